The number of aromatic nitrogens is 1. The summed E-state index contributed by atoms with van der Waals surface area (Å²) in [5.74, 6) is 0.0798. The normalized spacial score (nSPS) is 11.2. The van der Waals surface area contributed by atoms with Crippen molar-refractivity contribution in [3.8, 4) is 27.3 Å². The van der Waals surface area contributed by atoms with E-state index in [2.05, 4.69) is 0 Å². The third-order valence-corrected chi connectivity index (χ3v) is 5.88. The molecule has 130 valence electrons. The third kappa shape index (κ3) is 2.54. The van der Waals surface area contributed by atoms with Crippen LogP contribution in [0, 0.1) is 6.92 Å². The number of hydrogen-bond acceptors (Lipinski definition) is 3. The first-order valence-electron chi connectivity index (χ1n) is 8.62. The Balaban J connectivity index is 2.07. The Bertz CT molecular complexity index is 1160. The molecule has 2 heterocycles. The van der Waals surface area contributed by atoms with Crippen LogP contribution in [0.25, 0.3) is 31.8 Å². The van der Waals surface area contributed by atoms with Crippen molar-refractivity contribution in [3.05, 3.63) is 76.6 Å². The minimum atomic E-state index is -0.149. The Kier molecular flexibility index (Phi) is 4.13. The largest absolute Gasteiger partial charge is 0.506 e. The average molecular weight is 361 g/mol. The number of benzene rings is 2. The van der Waals surface area contributed by atoms with Gasteiger partial charge >= 0.3 is 0 Å². The quantitative estimate of drug-likeness (QED) is 0.528. The van der Waals surface area contributed by atoms with E-state index >= 15 is 0 Å². The molecular formula is C22H19NO2S. The fourth-order valence-electron chi connectivity index (χ4n) is 3.37. The van der Waals surface area contributed by atoms with E-state index in [1.54, 1.807) is 4.57 Å². The zero-order valence-corrected chi connectivity index (χ0v) is 15.5. The zero-order chi connectivity index (χ0) is 18.3. The maximum atomic E-state index is 13.1. The van der Waals surface area contributed by atoms with Gasteiger partial charge in [-0.2, -0.15) is 0 Å². The highest BCUT2D eigenvalue weighted by molar-refractivity contribution is 7.22. The van der Waals surface area contributed by atoms with Crippen LogP contribution in [-0.4, -0.2) is 9.67 Å². The van der Waals surface area contributed by atoms with Crippen LogP contribution in [0.4, 0.5) is 0 Å². The predicted molar refractivity (Wildman–Crippen MR) is 109 cm³/mol. The molecule has 4 heteroatoms. The van der Waals surface area contributed by atoms with Gasteiger partial charge in [0.1, 0.15) is 5.75 Å². The van der Waals surface area contributed by atoms with E-state index in [1.165, 1.54) is 11.3 Å². The lowest BCUT2D eigenvalue weighted by atomic mass is 10.0. The first kappa shape index (κ1) is 16.6. The lowest BCUT2D eigenvalue weighted by molar-refractivity contribution is 0.482. The van der Waals surface area contributed by atoms with Crippen molar-refractivity contribution in [1.29, 1.82) is 0 Å². The van der Waals surface area contributed by atoms with Crippen LogP contribution in [0.5, 0.6) is 5.75 Å². The highest BCUT2D eigenvalue weighted by Crippen LogP contribution is 2.41. The summed E-state index contributed by atoms with van der Waals surface area (Å²) in [6, 6.07) is 19.7. The number of aromatic hydroxyl groups is 1. The Morgan fingerprint density at radius 2 is 1.73 bits per heavy atom. The number of thiophene rings is 1. The number of rotatable bonds is 3. The number of hydrogen-bond donors (Lipinski definition) is 1. The molecule has 4 rings (SSSR count). The molecule has 2 aromatic heterocycles. The minimum absolute atomic E-state index is 0.0798. The average Bonchev–Trinajstić information content (AvgIpc) is 3.10. The standard InChI is InChI=1S/C22H19NO2S/c1-3-23-17-13-18(15-10-5-4-6-11-15)26-21(17)20(24)19(22(23)25)16-12-8-7-9-14(16)2/h4-13,24H,3H2,1-2H3. The Labute approximate surface area is 155 Å². The number of pyridine rings is 1. The second kappa shape index (κ2) is 6.46. The van der Waals surface area contributed by atoms with Gasteiger partial charge in [0.05, 0.1) is 15.8 Å². The molecule has 0 amide bonds. The van der Waals surface area contributed by atoms with E-state index in [0.717, 1.165) is 31.8 Å². The van der Waals surface area contributed by atoms with Gasteiger partial charge in [-0.3, -0.25) is 4.79 Å². The molecule has 3 nitrogen and oxygen atoms in total. The van der Waals surface area contributed by atoms with Crippen LogP contribution in [0.3, 0.4) is 0 Å². The van der Waals surface area contributed by atoms with Crippen LogP contribution in [0.15, 0.2) is 65.5 Å². The fraction of sp³-hybridized carbons (Fsp3) is 0.136. The molecule has 0 saturated carbocycles. The summed E-state index contributed by atoms with van der Waals surface area (Å²) < 4.78 is 2.50. The van der Waals surface area contributed by atoms with Gasteiger partial charge in [-0.25, -0.2) is 0 Å². The van der Waals surface area contributed by atoms with Crippen molar-refractivity contribution in [3.63, 3.8) is 0 Å². The van der Waals surface area contributed by atoms with Crippen molar-refractivity contribution in [2.45, 2.75) is 20.4 Å². The molecule has 2 aromatic carbocycles. The molecule has 1 N–H and O–H groups in total. The lowest BCUT2D eigenvalue weighted by Gasteiger charge is -2.12. The summed E-state index contributed by atoms with van der Waals surface area (Å²) in [6.07, 6.45) is 0. The maximum absolute atomic E-state index is 13.1. The molecule has 0 bridgehead atoms. The van der Waals surface area contributed by atoms with E-state index in [0.29, 0.717) is 12.1 Å². The zero-order valence-electron chi connectivity index (χ0n) is 14.7. The monoisotopic (exact) mass is 361 g/mol. The third-order valence-electron chi connectivity index (χ3n) is 4.70. The summed E-state index contributed by atoms with van der Waals surface area (Å²) in [4.78, 5) is 14.2. The summed E-state index contributed by atoms with van der Waals surface area (Å²) in [7, 11) is 0. The molecule has 0 aliphatic carbocycles. The van der Waals surface area contributed by atoms with Gasteiger partial charge in [0.2, 0.25) is 0 Å². The molecule has 0 radical (unpaired) electrons. The molecule has 0 spiro atoms. The highest BCUT2D eigenvalue weighted by Gasteiger charge is 2.21. The molecule has 0 fully saturated rings. The molecule has 26 heavy (non-hydrogen) atoms. The molecule has 0 aliphatic rings. The van der Waals surface area contributed by atoms with Gasteiger partial charge in [-0.15, -0.1) is 11.3 Å². The van der Waals surface area contributed by atoms with E-state index in [-0.39, 0.29) is 11.3 Å². The van der Waals surface area contributed by atoms with Crippen LogP contribution in [0.1, 0.15) is 12.5 Å². The molecule has 0 atom stereocenters. The topological polar surface area (TPSA) is 42.2 Å². The Hall–Kier alpha value is -2.85. The SMILES string of the molecule is CCn1c(=O)c(-c2ccccc2C)c(O)c2sc(-c3ccccc3)cc21. The fourth-order valence-corrected chi connectivity index (χ4v) is 4.48. The maximum Gasteiger partial charge on any atom is 0.262 e. The summed E-state index contributed by atoms with van der Waals surface area (Å²) in [5.41, 5.74) is 3.87. The van der Waals surface area contributed by atoms with Crippen molar-refractivity contribution in [1.82, 2.24) is 4.57 Å². The Morgan fingerprint density at radius 3 is 2.42 bits per heavy atom. The van der Waals surface area contributed by atoms with Gasteiger partial charge in [-0.05, 0) is 36.6 Å². The lowest BCUT2D eigenvalue weighted by Crippen LogP contribution is -2.21. The number of nitrogens with zero attached hydrogens (tertiary/aromatic N) is 1. The second-order valence-corrected chi connectivity index (χ2v) is 7.33. The summed E-state index contributed by atoms with van der Waals surface area (Å²) >= 11 is 1.52. The van der Waals surface area contributed by atoms with Crippen molar-refractivity contribution in [2.24, 2.45) is 0 Å². The predicted octanol–water partition coefficient (Wildman–Crippen LogP) is 5.43. The van der Waals surface area contributed by atoms with Gasteiger partial charge < -0.3 is 9.67 Å². The van der Waals surface area contributed by atoms with Crippen molar-refractivity contribution < 1.29 is 5.11 Å². The van der Waals surface area contributed by atoms with E-state index in [4.69, 9.17) is 0 Å². The highest BCUT2D eigenvalue weighted by atomic mass is 32.1. The second-order valence-electron chi connectivity index (χ2n) is 6.28. The van der Waals surface area contributed by atoms with Gasteiger partial charge in [0, 0.05) is 11.4 Å². The van der Waals surface area contributed by atoms with E-state index in [1.807, 2.05) is 74.5 Å². The van der Waals surface area contributed by atoms with Crippen LogP contribution in [-0.2, 0) is 6.54 Å². The van der Waals surface area contributed by atoms with Crippen molar-refractivity contribution in [2.75, 3.05) is 0 Å². The van der Waals surface area contributed by atoms with Crippen LogP contribution < -0.4 is 5.56 Å². The summed E-state index contributed by atoms with van der Waals surface area (Å²) in [6.45, 7) is 4.47. The summed E-state index contributed by atoms with van der Waals surface area (Å²) in [5, 5.41) is 11.0. The first-order chi connectivity index (χ1) is 12.6. The van der Waals surface area contributed by atoms with Gasteiger partial charge in [0.15, 0.2) is 0 Å². The van der Waals surface area contributed by atoms with Gasteiger partial charge in [-0.1, -0.05) is 54.6 Å². The van der Waals surface area contributed by atoms with Gasteiger partial charge in [0.25, 0.3) is 5.56 Å². The minimum Gasteiger partial charge on any atom is -0.506 e. The molecule has 4 aromatic rings. The van der Waals surface area contributed by atoms with E-state index < -0.39 is 0 Å². The number of aryl methyl sites for hydroxylation is 2. The van der Waals surface area contributed by atoms with Crippen LogP contribution in [0.2, 0.25) is 0 Å². The van der Waals surface area contributed by atoms with E-state index in [9.17, 15) is 9.90 Å². The van der Waals surface area contributed by atoms with Crippen molar-refractivity contribution >= 4 is 21.6 Å². The molecular weight excluding hydrogens is 342 g/mol. The number of fused-ring (bicyclic) bond motifs is 1. The Morgan fingerprint density at radius 1 is 1.04 bits per heavy atom. The molecule has 0 saturated heterocycles. The smallest absolute Gasteiger partial charge is 0.262 e. The van der Waals surface area contributed by atoms with Crippen LogP contribution >= 0.6 is 11.3 Å². The molecule has 0 aliphatic heterocycles. The first-order valence-corrected chi connectivity index (χ1v) is 9.44. The molecule has 0 unspecified atom stereocenters.